The third-order valence-electron chi connectivity index (χ3n) is 3.98. The molecule has 122 valence electrons. The number of hydrogen-bond donors (Lipinski definition) is 2. The molecule has 23 heavy (non-hydrogen) atoms. The van der Waals surface area contributed by atoms with E-state index in [0.717, 1.165) is 0 Å². The quantitative estimate of drug-likeness (QED) is 0.873. The number of piperazine rings is 1. The van der Waals surface area contributed by atoms with Gasteiger partial charge in [0.2, 0.25) is 5.43 Å². The first-order chi connectivity index (χ1) is 10.9. The van der Waals surface area contributed by atoms with Crippen LogP contribution in [0.4, 0.5) is 14.6 Å². The van der Waals surface area contributed by atoms with Crippen LogP contribution in [0, 0.1) is 5.82 Å². The van der Waals surface area contributed by atoms with Crippen LogP contribution in [0.3, 0.4) is 0 Å². The molecule has 0 unspecified atom stereocenters. The summed E-state index contributed by atoms with van der Waals surface area (Å²) in [5, 5.41) is 11.8. The van der Waals surface area contributed by atoms with Gasteiger partial charge in [-0.15, -0.1) is 0 Å². The summed E-state index contributed by atoms with van der Waals surface area (Å²) in [4.78, 5) is 24.7. The molecule has 1 aliphatic rings. The number of pyridine rings is 1. The number of fused-ring (bicyclic) bond motifs is 1. The van der Waals surface area contributed by atoms with E-state index in [4.69, 9.17) is 5.11 Å². The first kappa shape index (κ1) is 15.4. The minimum Gasteiger partial charge on any atom is -0.477 e. The van der Waals surface area contributed by atoms with Crippen LogP contribution < -0.4 is 15.6 Å². The maximum atomic E-state index is 14.7. The molecular weight excluding hydrogens is 308 g/mol. The Hall–Kier alpha value is -2.48. The normalized spacial score (nSPS) is 18.4. The second-order valence-electron chi connectivity index (χ2n) is 5.58. The van der Waals surface area contributed by atoms with Gasteiger partial charge < -0.3 is 15.3 Å². The summed E-state index contributed by atoms with van der Waals surface area (Å²) < 4.78 is 28.9. The molecule has 8 heteroatoms. The number of carbonyl (C=O) groups is 1. The van der Waals surface area contributed by atoms with Crippen molar-refractivity contribution in [1.82, 2.24) is 10.1 Å². The third kappa shape index (κ3) is 2.55. The van der Waals surface area contributed by atoms with Crippen LogP contribution in [0.2, 0.25) is 0 Å². The molecule has 1 aromatic heterocycles. The Labute approximate surface area is 129 Å². The number of rotatable bonds is 2. The third-order valence-corrected chi connectivity index (χ3v) is 3.98. The topological polar surface area (TPSA) is 74.6 Å². The van der Waals surface area contributed by atoms with Crippen molar-refractivity contribution in [3.8, 4) is 0 Å². The number of nitrogens with zero attached hydrogens (tertiary/aromatic N) is 2. The Kier molecular flexibility index (Phi) is 3.77. The lowest BCUT2D eigenvalue weighted by atomic mass is 10.1. The molecule has 2 heterocycles. The van der Waals surface area contributed by atoms with Gasteiger partial charge in [-0.2, -0.15) is 4.79 Å². The minimum atomic E-state index is -1.55. The minimum absolute atomic E-state index is 0.134. The second-order valence-corrected chi connectivity index (χ2v) is 5.58. The SMILES string of the molecule is C[C@H]1CN(c2ccc3c(=O)c(C(=O)O)cn(F)c3c2F)CCN1. The largest absolute Gasteiger partial charge is 0.477 e. The number of benzene rings is 1. The van der Waals surface area contributed by atoms with Crippen molar-refractivity contribution < 1.29 is 18.8 Å². The molecule has 0 radical (unpaired) electrons. The maximum absolute atomic E-state index is 14.7. The zero-order chi connectivity index (χ0) is 16.7. The smallest absolute Gasteiger partial charge is 0.341 e. The molecule has 1 saturated heterocycles. The van der Waals surface area contributed by atoms with Gasteiger partial charge in [0, 0.05) is 25.7 Å². The standard InChI is InChI=1S/C15H15F2N3O3/c1-8-6-19(5-4-18-8)11-3-2-9-13(12(11)16)20(17)7-10(14(9)21)15(22)23/h2-3,7-8,18H,4-6H2,1H3,(H,22,23)/t8-/m0/s1. The number of carboxylic acids is 1. The van der Waals surface area contributed by atoms with Crippen LogP contribution in [-0.2, 0) is 0 Å². The molecule has 1 fully saturated rings. The van der Waals surface area contributed by atoms with E-state index in [1.807, 2.05) is 6.92 Å². The number of aromatic nitrogens is 1. The predicted molar refractivity (Wildman–Crippen MR) is 81.3 cm³/mol. The Bertz CT molecular complexity index is 850. The van der Waals surface area contributed by atoms with E-state index in [1.54, 1.807) is 4.90 Å². The van der Waals surface area contributed by atoms with Gasteiger partial charge in [-0.25, -0.2) is 9.18 Å². The molecule has 2 N–H and O–H groups in total. The highest BCUT2D eigenvalue weighted by atomic mass is 19.2. The summed E-state index contributed by atoms with van der Waals surface area (Å²) in [7, 11) is 0. The first-order valence-corrected chi connectivity index (χ1v) is 7.15. The molecule has 1 aliphatic heterocycles. The van der Waals surface area contributed by atoms with Crippen molar-refractivity contribution in [3.63, 3.8) is 0 Å². The Morgan fingerprint density at radius 1 is 1.43 bits per heavy atom. The highest BCUT2D eigenvalue weighted by Gasteiger charge is 2.23. The molecule has 6 nitrogen and oxygen atoms in total. The maximum Gasteiger partial charge on any atom is 0.341 e. The van der Waals surface area contributed by atoms with Gasteiger partial charge in [0.1, 0.15) is 11.1 Å². The molecular formula is C15H15F2N3O3. The van der Waals surface area contributed by atoms with Gasteiger partial charge in [-0.05, 0) is 19.1 Å². The van der Waals surface area contributed by atoms with E-state index in [1.165, 1.54) is 12.1 Å². The number of carboxylic acid groups (broad SMARTS) is 1. The molecule has 0 aliphatic carbocycles. The molecule has 1 atom stereocenters. The molecule has 2 aromatic rings. The van der Waals surface area contributed by atoms with Gasteiger partial charge in [-0.3, -0.25) is 4.79 Å². The Morgan fingerprint density at radius 3 is 2.83 bits per heavy atom. The lowest BCUT2D eigenvalue weighted by Gasteiger charge is -2.34. The molecule has 0 saturated carbocycles. The fourth-order valence-corrected chi connectivity index (χ4v) is 2.88. The summed E-state index contributed by atoms with van der Waals surface area (Å²) >= 11 is 0. The molecule has 0 spiro atoms. The van der Waals surface area contributed by atoms with Crippen molar-refractivity contribution in [3.05, 3.63) is 39.9 Å². The second kappa shape index (κ2) is 5.62. The number of nitrogens with one attached hydrogen (secondary N) is 1. The summed E-state index contributed by atoms with van der Waals surface area (Å²) in [6.07, 6.45) is 0.500. The van der Waals surface area contributed by atoms with Gasteiger partial charge >= 0.3 is 5.97 Å². The van der Waals surface area contributed by atoms with Gasteiger partial charge in [0.05, 0.1) is 17.3 Å². The van der Waals surface area contributed by atoms with Gasteiger partial charge in [0.25, 0.3) is 0 Å². The van der Waals surface area contributed by atoms with E-state index in [2.05, 4.69) is 5.32 Å². The summed E-state index contributed by atoms with van der Waals surface area (Å²) in [5.41, 5.74) is -1.98. The number of hydrogen-bond acceptors (Lipinski definition) is 4. The van der Waals surface area contributed by atoms with Crippen molar-refractivity contribution in [1.29, 1.82) is 0 Å². The number of halogens is 2. The highest BCUT2D eigenvalue weighted by Crippen LogP contribution is 2.27. The van der Waals surface area contributed by atoms with Crippen LogP contribution in [0.5, 0.6) is 0 Å². The van der Waals surface area contributed by atoms with E-state index in [9.17, 15) is 18.5 Å². The molecule has 1 aromatic carbocycles. The fourth-order valence-electron chi connectivity index (χ4n) is 2.88. The summed E-state index contributed by atoms with van der Waals surface area (Å²) in [6.45, 7) is 3.72. The lowest BCUT2D eigenvalue weighted by Crippen LogP contribution is -2.49. The average molecular weight is 323 g/mol. The summed E-state index contributed by atoms with van der Waals surface area (Å²) in [5.74, 6) is -2.42. The predicted octanol–water partition coefficient (Wildman–Crippen LogP) is 1.37. The van der Waals surface area contributed by atoms with Crippen molar-refractivity contribution in [2.75, 3.05) is 24.5 Å². The lowest BCUT2D eigenvalue weighted by molar-refractivity contribution is 0.0693. The average Bonchev–Trinajstić information content (AvgIpc) is 2.50. The van der Waals surface area contributed by atoms with Crippen LogP contribution in [0.25, 0.3) is 10.9 Å². The van der Waals surface area contributed by atoms with Gasteiger partial charge in [-0.1, -0.05) is 4.48 Å². The van der Waals surface area contributed by atoms with Crippen molar-refractivity contribution in [2.45, 2.75) is 13.0 Å². The first-order valence-electron chi connectivity index (χ1n) is 7.15. The monoisotopic (exact) mass is 323 g/mol. The Morgan fingerprint density at radius 2 is 2.17 bits per heavy atom. The Balaban J connectivity index is 2.20. The van der Waals surface area contributed by atoms with E-state index < -0.39 is 28.3 Å². The number of aromatic carboxylic acids is 1. The molecule has 3 rings (SSSR count). The fraction of sp³-hybridized carbons (Fsp3) is 0.333. The van der Waals surface area contributed by atoms with Crippen molar-refractivity contribution in [2.24, 2.45) is 0 Å². The zero-order valence-electron chi connectivity index (χ0n) is 12.3. The zero-order valence-corrected chi connectivity index (χ0v) is 12.3. The van der Waals surface area contributed by atoms with Crippen LogP contribution in [0.1, 0.15) is 17.3 Å². The van der Waals surface area contributed by atoms with E-state index in [-0.39, 0.29) is 21.9 Å². The van der Waals surface area contributed by atoms with Crippen LogP contribution in [-0.4, -0.2) is 41.5 Å². The van der Waals surface area contributed by atoms with E-state index in [0.29, 0.717) is 25.8 Å². The highest BCUT2D eigenvalue weighted by molar-refractivity contribution is 5.93. The summed E-state index contributed by atoms with van der Waals surface area (Å²) in [6, 6.07) is 2.81. The van der Waals surface area contributed by atoms with Crippen LogP contribution >= 0.6 is 0 Å². The number of anilines is 1. The van der Waals surface area contributed by atoms with Crippen molar-refractivity contribution >= 4 is 22.6 Å². The van der Waals surface area contributed by atoms with E-state index >= 15 is 0 Å². The molecule has 0 amide bonds. The van der Waals surface area contributed by atoms with Crippen LogP contribution in [0.15, 0.2) is 23.1 Å². The van der Waals surface area contributed by atoms with Gasteiger partial charge in [0.15, 0.2) is 5.82 Å². The molecule has 0 bridgehead atoms.